The van der Waals surface area contributed by atoms with Crippen LogP contribution in [0.15, 0.2) is 42.5 Å². The lowest BCUT2D eigenvalue weighted by atomic mass is 9.76. The summed E-state index contributed by atoms with van der Waals surface area (Å²) >= 11 is 6.54. The van der Waals surface area contributed by atoms with Gasteiger partial charge in [0.15, 0.2) is 5.82 Å². The van der Waals surface area contributed by atoms with Crippen molar-refractivity contribution in [3.05, 3.63) is 64.4 Å². The molecule has 2 aromatic carbocycles. The lowest BCUT2D eigenvalue weighted by Gasteiger charge is -2.36. The van der Waals surface area contributed by atoms with E-state index in [2.05, 4.69) is 27.8 Å². The van der Waals surface area contributed by atoms with Gasteiger partial charge in [-0.2, -0.15) is 0 Å². The first kappa shape index (κ1) is 21.4. The molecule has 1 aromatic heterocycles. The summed E-state index contributed by atoms with van der Waals surface area (Å²) in [6, 6.07) is 12.0. The first-order valence-corrected chi connectivity index (χ1v) is 10.8. The van der Waals surface area contributed by atoms with Crippen LogP contribution in [0.2, 0.25) is 5.02 Å². The summed E-state index contributed by atoms with van der Waals surface area (Å²) in [5, 5.41) is 15.2. The number of amides is 1. The number of hydrogen-bond acceptors (Lipinski definition) is 4. The lowest BCUT2D eigenvalue weighted by molar-refractivity contribution is -0.123. The maximum atomic E-state index is 14.9. The van der Waals surface area contributed by atoms with E-state index in [1.807, 2.05) is 37.3 Å². The maximum Gasteiger partial charge on any atom is 0.242 e. The normalized spacial score (nSPS) is 16.3. The van der Waals surface area contributed by atoms with Crippen LogP contribution in [-0.4, -0.2) is 26.1 Å². The van der Waals surface area contributed by atoms with Crippen molar-refractivity contribution in [1.82, 2.24) is 25.5 Å². The fourth-order valence-corrected chi connectivity index (χ4v) is 4.72. The van der Waals surface area contributed by atoms with Crippen LogP contribution >= 0.6 is 11.6 Å². The van der Waals surface area contributed by atoms with Crippen LogP contribution in [0.5, 0.6) is 0 Å². The smallest absolute Gasteiger partial charge is 0.242 e. The van der Waals surface area contributed by atoms with Gasteiger partial charge in [0.2, 0.25) is 5.91 Å². The van der Waals surface area contributed by atoms with Gasteiger partial charge in [-0.1, -0.05) is 67.8 Å². The Morgan fingerprint density at radius 2 is 1.94 bits per heavy atom. The minimum Gasteiger partial charge on any atom is -0.347 e. The number of halogens is 2. The zero-order chi connectivity index (χ0) is 22.0. The highest BCUT2D eigenvalue weighted by molar-refractivity contribution is 6.32. The zero-order valence-electron chi connectivity index (χ0n) is 17.6. The van der Waals surface area contributed by atoms with E-state index in [0.717, 1.165) is 36.8 Å². The van der Waals surface area contributed by atoms with Crippen molar-refractivity contribution < 1.29 is 9.18 Å². The number of benzene rings is 2. The quantitative estimate of drug-likeness (QED) is 0.591. The third kappa shape index (κ3) is 4.32. The Kier molecular flexibility index (Phi) is 6.05. The van der Waals surface area contributed by atoms with Crippen molar-refractivity contribution in [2.24, 2.45) is 5.41 Å². The van der Waals surface area contributed by atoms with Crippen LogP contribution in [-0.2, 0) is 11.3 Å². The number of carbonyl (C=O) groups is 1. The van der Waals surface area contributed by atoms with Gasteiger partial charge in [0.25, 0.3) is 0 Å². The largest absolute Gasteiger partial charge is 0.347 e. The van der Waals surface area contributed by atoms with E-state index in [1.165, 1.54) is 10.7 Å². The van der Waals surface area contributed by atoms with Gasteiger partial charge >= 0.3 is 0 Å². The monoisotopic (exact) mass is 441 g/mol. The fraction of sp³-hybridized carbons (Fsp3) is 0.391. The molecule has 1 saturated carbocycles. The van der Waals surface area contributed by atoms with E-state index in [-0.39, 0.29) is 17.9 Å². The molecular weight excluding hydrogens is 417 g/mol. The molecule has 0 aliphatic heterocycles. The van der Waals surface area contributed by atoms with Crippen LogP contribution in [0.4, 0.5) is 4.39 Å². The molecule has 31 heavy (non-hydrogen) atoms. The minimum absolute atomic E-state index is 0.0745. The number of nitrogens with one attached hydrogen (secondary N) is 1. The van der Waals surface area contributed by atoms with Gasteiger partial charge < -0.3 is 5.32 Å². The van der Waals surface area contributed by atoms with Crippen LogP contribution < -0.4 is 5.32 Å². The van der Waals surface area contributed by atoms with E-state index in [9.17, 15) is 9.18 Å². The predicted molar refractivity (Wildman–Crippen MR) is 117 cm³/mol. The van der Waals surface area contributed by atoms with E-state index < -0.39 is 11.9 Å². The van der Waals surface area contributed by atoms with Crippen molar-refractivity contribution in [3.63, 3.8) is 0 Å². The Hall–Kier alpha value is -2.80. The minimum atomic E-state index is -0.536. The number of aryl methyl sites for hydroxylation is 1. The van der Waals surface area contributed by atoms with Crippen LogP contribution in [0.25, 0.3) is 11.4 Å². The molecule has 1 unspecified atom stereocenters. The molecule has 0 saturated heterocycles. The second-order valence-corrected chi connectivity index (χ2v) is 8.86. The molecule has 1 aliphatic carbocycles. The summed E-state index contributed by atoms with van der Waals surface area (Å²) in [7, 11) is 0. The van der Waals surface area contributed by atoms with Gasteiger partial charge in [0.1, 0.15) is 12.4 Å². The van der Waals surface area contributed by atoms with Gasteiger partial charge in [0, 0.05) is 11.1 Å². The molecule has 1 amide bonds. The first-order chi connectivity index (χ1) is 14.9. The van der Waals surface area contributed by atoms with Crippen LogP contribution in [0.1, 0.15) is 49.8 Å². The van der Waals surface area contributed by atoms with Crippen molar-refractivity contribution in [3.8, 4) is 11.4 Å². The van der Waals surface area contributed by atoms with E-state index in [4.69, 9.17) is 11.6 Å². The molecule has 0 radical (unpaired) electrons. The molecule has 1 fully saturated rings. The topological polar surface area (TPSA) is 72.7 Å². The Bertz CT molecular complexity index is 1080. The van der Waals surface area contributed by atoms with Crippen LogP contribution in [0, 0.1) is 18.2 Å². The third-order valence-electron chi connectivity index (χ3n) is 6.21. The summed E-state index contributed by atoms with van der Waals surface area (Å²) in [5.41, 5.74) is 1.68. The average molecular weight is 442 g/mol. The summed E-state index contributed by atoms with van der Waals surface area (Å²) in [4.78, 5) is 13.1. The lowest BCUT2D eigenvalue weighted by Crippen LogP contribution is -2.40. The molecule has 1 heterocycles. The fourth-order valence-electron chi connectivity index (χ4n) is 4.46. The number of hydrogen-bond donors (Lipinski definition) is 1. The molecule has 1 aliphatic rings. The Balaban J connectivity index is 1.63. The van der Waals surface area contributed by atoms with Gasteiger partial charge in [0.05, 0.1) is 11.1 Å². The van der Waals surface area contributed by atoms with Crippen molar-refractivity contribution in [2.45, 2.75) is 52.1 Å². The number of rotatable bonds is 6. The molecule has 4 rings (SSSR count). The maximum absolute atomic E-state index is 14.9. The van der Waals surface area contributed by atoms with Gasteiger partial charge in [-0.25, -0.2) is 9.07 Å². The first-order valence-electron chi connectivity index (χ1n) is 10.4. The van der Waals surface area contributed by atoms with E-state index >= 15 is 0 Å². The molecule has 6 nitrogen and oxygen atoms in total. The summed E-state index contributed by atoms with van der Waals surface area (Å²) < 4.78 is 16.4. The van der Waals surface area contributed by atoms with Crippen LogP contribution in [0.3, 0.4) is 0 Å². The van der Waals surface area contributed by atoms with Gasteiger partial charge in [-0.05, 0) is 47.2 Å². The highest BCUT2D eigenvalue weighted by Gasteiger charge is 2.41. The predicted octanol–water partition coefficient (Wildman–Crippen LogP) is 4.88. The second kappa shape index (κ2) is 8.75. The van der Waals surface area contributed by atoms with Gasteiger partial charge in [-0.3, -0.25) is 4.79 Å². The Labute approximate surface area is 185 Å². The van der Waals surface area contributed by atoms with Crippen molar-refractivity contribution in [1.29, 1.82) is 0 Å². The molecule has 1 atom stereocenters. The van der Waals surface area contributed by atoms with E-state index in [0.29, 0.717) is 16.4 Å². The Morgan fingerprint density at radius 3 is 2.65 bits per heavy atom. The highest BCUT2D eigenvalue weighted by Crippen LogP contribution is 2.49. The zero-order valence-corrected chi connectivity index (χ0v) is 18.4. The molecule has 1 N–H and O–H groups in total. The number of aromatic nitrogens is 4. The van der Waals surface area contributed by atoms with E-state index in [1.54, 1.807) is 6.07 Å². The number of nitrogens with zero attached hydrogens (tertiary/aromatic N) is 4. The Morgan fingerprint density at radius 1 is 1.23 bits per heavy atom. The van der Waals surface area contributed by atoms with Crippen molar-refractivity contribution in [2.75, 3.05) is 0 Å². The van der Waals surface area contributed by atoms with Gasteiger partial charge in [-0.15, -0.1) is 5.10 Å². The molecule has 8 heteroatoms. The standard InChI is InChI=1S/C23H25ClFN5O/c1-15-10-11-17(25)19(20(15)24)21(23(2)12-6-7-13-23)26-18(31)14-30-22(27-28-29-30)16-8-4-3-5-9-16/h3-5,8-11,21H,6-7,12-14H2,1-2H3,(H,26,31). The SMILES string of the molecule is Cc1ccc(F)c(C(NC(=O)Cn2nnnc2-c2ccccc2)C2(C)CCCC2)c1Cl. The number of carbonyl (C=O) groups excluding carboxylic acids is 1. The third-order valence-corrected chi connectivity index (χ3v) is 6.72. The summed E-state index contributed by atoms with van der Waals surface area (Å²) in [5.74, 6) is -0.194. The molecular formula is C23H25ClFN5O. The molecule has 0 bridgehead atoms. The number of tetrazole rings is 1. The summed E-state index contributed by atoms with van der Waals surface area (Å²) in [6.45, 7) is 3.86. The highest BCUT2D eigenvalue weighted by atomic mass is 35.5. The average Bonchev–Trinajstić information content (AvgIpc) is 3.40. The summed E-state index contributed by atoms with van der Waals surface area (Å²) in [6.07, 6.45) is 3.86. The molecule has 0 spiro atoms. The van der Waals surface area contributed by atoms with Crippen molar-refractivity contribution >= 4 is 17.5 Å². The second-order valence-electron chi connectivity index (χ2n) is 8.48. The molecule has 3 aromatic rings. The molecule has 162 valence electrons.